The third kappa shape index (κ3) is 2.32. The summed E-state index contributed by atoms with van der Waals surface area (Å²) in [5.41, 5.74) is 0. The van der Waals surface area contributed by atoms with Crippen LogP contribution in [0.25, 0.3) is 0 Å². The number of hydrogen-bond donors (Lipinski definition) is 0. The zero-order chi connectivity index (χ0) is 12.4. The zero-order valence-electron chi connectivity index (χ0n) is 11.0. The maximum absolute atomic E-state index is 6.00. The normalized spacial score (nSPS) is 21.8. The van der Waals surface area contributed by atoms with E-state index in [0.29, 0.717) is 6.10 Å². The van der Waals surface area contributed by atoms with E-state index < -0.39 is 0 Å². The molecule has 1 aliphatic heterocycles. The number of benzene rings is 1. The Morgan fingerprint density at radius 3 is 2.39 bits per heavy atom. The van der Waals surface area contributed by atoms with Gasteiger partial charge in [-0.25, -0.2) is 0 Å². The van der Waals surface area contributed by atoms with Gasteiger partial charge in [-0.15, -0.1) is 0 Å². The fourth-order valence-electron chi connectivity index (χ4n) is 3.01. The number of nitrogens with zero attached hydrogens (tertiary/aromatic N) is 1. The number of likely N-dealkylation sites (tertiary alicyclic amines) is 1. The fraction of sp³-hybridized carbons (Fsp3) is 0.600. The van der Waals surface area contributed by atoms with Gasteiger partial charge in [-0.05, 0) is 25.0 Å². The van der Waals surface area contributed by atoms with Crippen molar-refractivity contribution in [1.29, 1.82) is 0 Å². The lowest BCUT2D eigenvalue weighted by Gasteiger charge is -2.42. The first-order chi connectivity index (χ1) is 8.86. The summed E-state index contributed by atoms with van der Waals surface area (Å²) in [5.74, 6) is 1.70. The smallest absolute Gasteiger partial charge is 0.161 e. The molecule has 1 heterocycles. The summed E-state index contributed by atoms with van der Waals surface area (Å²) < 4.78 is 11.3. The highest BCUT2D eigenvalue weighted by atomic mass is 16.5. The average molecular weight is 247 g/mol. The Kier molecular flexibility index (Phi) is 3.41. The van der Waals surface area contributed by atoms with Crippen molar-refractivity contribution in [2.45, 2.75) is 37.8 Å². The van der Waals surface area contributed by atoms with Crippen molar-refractivity contribution in [3.8, 4) is 11.5 Å². The highest BCUT2D eigenvalue weighted by Crippen LogP contribution is 2.31. The van der Waals surface area contributed by atoms with Crippen LogP contribution in [0.3, 0.4) is 0 Å². The van der Waals surface area contributed by atoms with Crippen LogP contribution in [0.15, 0.2) is 24.3 Å². The largest absolute Gasteiger partial charge is 0.493 e. The Bertz CT molecular complexity index is 395. The van der Waals surface area contributed by atoms with Crippen LogP contribution in [-0.4, -0.2) is 37.2 Å². The number of para-hydroxylation sites is 2. The van der Waals surface area contributed by atoms with Gasteiger partial charge in [0, 0.05) is 19.1 Å². The molecule has 3 heteroatoms. The summed E-state index contributed by atoms with van der Waals surface area (Å²) in [4.78, 5) is 2.56. The maximum atomic E-state index is 6.00. The standard InChI is InChI=1S/C15H21NO2/c1-17-14-8-4-5-9-15(14)18-13-10-16(11-13)12-6-2-3-7-12/h4-5,8-9,12-13H,2-3,6-7,10-11H2,1H3. The van der Waals surface area contributed by atoms with Crippen LogP contribution in [0.2, 0.25) is 0 Å². The van der Waals surface area contributed by atoms with Crippen LogP contribution in [0.5, 0.6) is 11.5 Å². The highest BCUT2D eigenvalue weighted by Gasteiger charge is 2.35. The maximum Gasteiger partial charge on any atom is 0.161 e. The fourth-order valence-corrected chi connectivity index (χ4v) is 3.01. The number of rotatable bonds is 4. The molecule has 0 radical (unpaired) electrons. The molecule has 1 saturated carbocycles. The van der Waals surface area contributed by atoms with E-state index in [1.54, 1.807) is 7.11 Å². The van der Waals surface area contributed by atoms with Gasteiger partial charge < -0.3 is 9.47 Å². The molecule has 0 bridgehead atoms. The molecule has 2 aliphatic rings. The number of ether oxygens (including phenoxy) is 2. The second-order valence-corrected chi connectivity index (χ2v) is 5.28. The van der Waals surface area contributed by atoms with Crippen molar-refractivity contribution >= 4 is 0 Å². The second kappa shape index (κ2) is 5.19. The first-order valence-electron chi connectivity index (χ1n) is 6.90. The first-order valence-corrected chi connectivity index (χ1v) is 6.90. The lowest BCUT2D eigenvalue weighted by atomic mass is 10.1. The van der Waals surface area contributed by atoms with Crippen LogP contribution >= 0.6 is 0 Å². The zero-order valence-corrected chi connectivity index (χ0v) is 11.0. The topological polar surface area (TPSA) is 21.7 Å². The van der Waals surface area contributed by atoms with Gasteiger partial charge in [-0.2, -0.15) is 0 Å². The van der Waals surface area contributed by atoms with Gasteiger partial charge >= 0.3 is 0 Å². The van der Waals surface area contributed by atoms with Gasteiger partial charge in [0.25, 0.3) is 0 Å². The Morgan fingerprint density at radius 2 is 1.72 bits per heavy atom. The molecule has 0 amide bonds. The van der Waals surface area contributed by atoms with Crippen molar-refractivity contribution in [2.24, 2.45) is 0 Å². The molecule has 3 rings (SSSR count). The minimum atomic E-state index is 0.335. The SMILES string of the molecule is COc1ccccc1OC1CN(C2CCCC2)C1. The Morgan fingerprint density at radius 1 is 1.06 bits per heavy atom. The first kappa shape index (κ1) is 11.8. The minimum absolute atomic E-state index is 0.335. The monoisotopic (exact) mass is 247 g/mol. The van der Waals surface area contributed by atoms with E-state index in [0.717, 1.165) is 30.6 Å². The van der Waals surface area contributed by atoms with Gasteiger partial charge in [-0.1, -0.05) is 25.0 Å². The molecule has 0 atom stereocenters. The van der Waals surface area contributed by atoms with Gasteiger partial charge in [0.1, 0.15) is 6.10 Å². The predicted molar refractivity (Wildman–Crippen MR) is 71.2 cm³/mol. The second-order valence-electron chi connectivity index (χ2n) is 5.28. The Labute approximate surface area is 109 Å². The molecule has 1 aromatic carbocycles. The van der Waals surface area contributed by atoms with Crippen LogP contribution in [0, 0.1) is 0 Å². The molecule has 0 aromatic heterocycles. The Hall–Kier alpha value is -1.22. The van der Waals surface area contributed by atoms with Crippen molar-refractivity contribution in [1.82, 2.24) is 4.90 Å². The summed E-state index contributed by atoms with van der Waals surface area (Å²) in [7, 11) is 1.69. The molecule has 2 fully saturated rings. The molecular formula is C15H21NO2. The van der Waals surface area contributed by atoms with Crippen LogP contribution in [-0.2, 0) is 0 Å². The number of methoxy groups -OCH3 is 1. The molecule has 0 N–H and O–H groups in total. The van der Waals surface area contributed by atoms with Crippen molar-refractivity contribution in [2.75, 3.05) is 20.2 Å². The summed E-state index contributed by atoms with van der Waals surface area (Å²) in [6, 6.07) is 8.71. The van der Waals surface area contributed by atoms with E-state index in [1.165, 1.54) is 25.7 Å². The average Bonchev–Trinajstić information content (AvgIpc) is 2.87. The predicted octanol–water partition coefficient (Wildman–Crippen LogP) is 2.70. The molecule has 1 aliphatic carbocycles. The molecule has 1 aromatic rings. The van der Waals surface area contributed by atoms with E-state index in [1.807, 2.05) is 24.3 Å². The molecule has 18 heavy (non-hydrogen) atoms. The van der Waals surface area contributed by atoms with Crippen molar-refractivity contribution < 1.29 is 9.47 Å². The number of hydrogen-bond acceptors (Lipinski definition) is 3. The summed E-state index contributed by atoms with van der Waals surface area (Å²) >= 11 is 0. The molecular weight excluding hydrogens is 226 g/mol. The van der Waals surface area contributed by atoms with E-state index in [-0.39, 0.29) is 0 Å². The minimum Gasteiger partial charge on any atom is -0.493 e. The van der Waals surface area contributed by atoms with Crippen LogP contribution < -0.4 is 9.47 Å². The van der Waals surface area contributed by atoms with E-state index in [9.17, 15) is 0 Å². The summed E-state index contributed by atoms with van der Waals surface area (Å²) in [5, 5.41) is 0. The van der Waals surface area contributed by atoms with Crippen molar-refractivity contribution in [3.05, 3.63) is 24.3 Å². The summed E-state index contributed by atoms with van der Waals surface area (Å²) in [6.07, 6.45) is 5.89. The quantitative estimate of drug-likeness (QED) is 0.816. The molecule has 0 unspecified atom stereocenters. The van der Waals surface area contributed by atoms with Gasteiger partial charge in [-0.3, -0.25) is 4.90 Å². The lowest BCUT2D eigenvalue weighted by molar-refractivity contribution is -0.00848. The van der Waals surface area contributed by atoms with Gasteiger partial charge in [0.15, 0.2) is 11.5 Å². The molecule has 0 spiro atoms. The molecule has 1 saturated heterocycles. The third-order valence-electron chi connectivity index (χ3n) is 4.08. The van der Waals surface area contributed by atoms with E-state index >= 15 is 0 Å². The lowest BCUT2D eigenvalue weighted by Crippen LogP contribution is -2.57. The van der Waals surface area contributed by atoms with E-state index in [4.69, 9.17) is 9.47 Å². The van der Waals surface area contributed by atoms with Gasteiger partial charge in [0.2, 0.25) is 0 Å². The van der Waals surface area contributed by atoms with Crippen molar-refractivity contribution in [3.63, 3.8) is 0 Å². The third-order valence-corrected chi connectivity index (χ3v) is 4.08. The molecule has 98 valence electrons. The van der Waals surface area contributed by atoms with Gasteiger partial charge in [0.05, 0.1) is 7.11 Å². The summed E-state index contributed by atoms with van der Waals surface area (Å²) in [6.45, 7) is 2.14. The van der Waals surface area contributed by atoms with Crippen LogP contribution in [0.4, 0.5) is 0 Å². The van der Waals surface area contributed by atoms with E-state index in [2.05, 4.69) is 4.90 Å². The molecule has 3 nitrogen and oxygen atoms in total. The highest BCUT2D eigenvalue weighted by molar-refractivity contribution is 5.39. The van der Waals surface area contributed by atoms with Crippen LogP contribution in [0.1, 0.15) is 25.7 Å². The Balaban J connectivity index is 1.53.